The lowest BCUT2D eigenvalue weighted by Crippen LogP contribution is -2.28. The number of aliphatic carboxylic acids is 1. The van der Waals surface area contributed by atoms with Crippen LogP contribution in [0.4, 0.5) is 0 Å². The zero-order valence-electron chi connectivity index (χ0n) is 10.2. The number of hydrogen-bond donors (Lipinski definition) is 1. The van der Waals surface area contributed by atoms with Crippen LogP contribution in [-0.4, -0.2) is 16.1 Å². The standard InChI is InChI=1S/C13H13NO3S/c1-13(2,12(15)16)11-14-10-7-5-6-17-8(7)3-4-9(10)18-11/h5-6H,3-4H2,1-2H3,(H,15,16). The molecule has 0 spiro atoms. The van der Waals surface area contributed by atoms with Gasteiger partial charge in [-0.2, -0.15) is 0 Å². The van der Waals surface area contributed by atoms with Gasteiger partial charge in [-0.1, -0.05) is 0 Å². The molecule has 2 heterocycles. The van der Waals surface area contributed by atoms with Crippen molar-refractivity contribution in [3.8, 4) is 11.3 Å². The summed E-state index contributed by atoms with van der Waals surface area (Å²) >= 11 is 1.50. The van der Waals surface area contributed by atoms with Crippen molar-refractivity contribution in [3.63, 3.8) is 0 Å². The van der Waals surface area contributed by atoms with E-state index < -0.39 is 11.4 Å². The molecule has 2 aromatic rings. The fourth-order valence-corrected chi connectivity index (χ4v) is 3.23. The van der Waals surface area contributed by atoms with Crippen LogP contribution >= 0.6 is 11.3 Å². The Balaban J connectivity index is 2.12. The number of hydrogen-bond acceptors (Lipinski definition) is 4. The molecule has 0 amide bonds. The highest BCUT2D eigenvalue weighted by Gasteiger charge is 2.35. The second-order valence-corrected chi connectivity index (χ2v) is 6.06. The number of carboxylic acids is 1. The van der Waals surface area contributed by atoms with Crippen LogP contribution in [0.25, 0.3) is 11.3 Å². The number of carboxylic acid groups (broad SMARTS) is 1. The Hall–Kier alpha value is -1.62. The normalized spacial score (nSPS) is 14.1. The Morgan fingerprint density at radius 1 is 1.50 bits per heavy atom. The number of nitrogens with zero attached hydrogens (tertiary/aromatic N) is 1. The number of rotatable bonds is 2. The highest BCUT2D eigenvalue weighted by atomic mass is 32.1. The second-order valence-electron chi connectivity index (χ2n) is 4.98. The Kier molecular flexibility index (Phi) is 2.35. The quantitative estimate of drug-likeness (QED) is 0.905. The van der Waals surface area contributed by atoms with E-state index in [0.717, 1.165) is 34.7 Å². The van der Waals surface area contributed by atoms with E-state index in [0.29, 0.717) is 5.01 Å². The third kappa shape index (κ3) is 1.50. The monoisotopic (exact) mass is 263 g/mol. The van der Waals surface area contributed by atoms with Crippen molar-refractivity contribution in [2.75, 3.05) is 0 Å². The summed E-state index contributed by atoms with van der Waals surface area (Å²) in [6, 6.07) is 1.91. The lowest BCUT2D eigenvalue weighted by Gasteiger charge is -2.14. The predicted octanol–water partition coefficient (Wildman–Crippen LogP) is 2.86. The van der Waals surface area contributed by atoms with Gasteiger partial charge in [-0.15, -0.1) is 11.3 Å². The molecule has 0 aliphatic heterocycles. The van der Waals surface area contributed by atoms with E-state index in [1.54, 1.807) is 20.1 Å². The van der Waals surface area contributed by atoms with Gasteiger partial charge in [-0.05, 0) is 26.3 Å². The molecule has 1 aliphatic carbocycles. The van der Waals surface area contributed by atoms with Gasteiger partial charge in [0.25, 0.3) is 0 Å². The molecule has 18 heavy (non-hydrogen) atoms. The molecule has 0 saturated carbocycles. The molecule has 94 valence electrons. The van der Waals surface area contributed by atoms with Crippen molar-refractivity contribution in [1.29, 1.82) is 0 Å². The minimum Gasteiger partial charge on any atom is -0.481 e. The van der Waals surface area contributed by atoms with E-state index in [4.69, 9.17) is 4.42 Å². The number of fused-ring (bicyclic) bond motifs is 3. The van der Waals surface area contributed by atoms with E-state index in [9.17, 15) is 9.90 Å². The van der Waals surface area contributed by atoms with E-state index in [1.807, 2.05) is 6.07 Å². The lowest BCUT2D eigenvalue weighted by molar-refractivity contribution is -0.142. The van der Waals surface area contributed by atoms with Gasteiger partial charge in [0.1, 0.15) is 16.2 Å². The third-order valence-electron chi connectivity index (χ3n) is 3.35. The topological polar surface area (TPSA) is 63.3 Å². The van der Waals surface area contributed by atoms with Gasteiger partial charge in [0.05, 0.1) is 12.0 Å². The Bertz CT molecular complexity index is 624. The van der Waals surface area contributed by atoms with Gasteiger partial charge in [-0.25, -0.2) is 4.98 Å². The molecule has 1 aliphatic rings. The van der Waals surface area contributed by atoms with Crippen molar-refractivity contribution >= 4 is 17.3 Å². The number of aromatic nitrogens is 1. The molecule has 0 radical (unpaired) electrons. The van der Waals surface area contributed by atoms with Crippen LogP contribution in [0.2, 0.25) is 0 Å². The molecule has 2 aromatic heterocycles. The summed E-state index contributed by atoms with van der Waals surface area (Å²) in [6.45, 7) is 3.38. The summed E-state index contributed by atoms with van der Waals surface area (Å²) in [5.74, 6) is 0.105. The molecule has 0 fully saturated rings. The number of aryl methyl sites for hydroxylation is 2. The summed E-state index contributed by atoms with van der Waals surface area (Å²) < 4.78 is 5.40. The third-order valence-corrected chi connectivity index (χ3v) is 4.79. The van der Waals surface area contributed by atoms with Crippen LogP contribution in [0.15, 0.2) is 16.7 Å². The molecule has 4 nitrogen and oxygen atoms in total. The maximum atomic E-state index is 11.3. The summed E-state index contributed by atoms with van der Waals surface area (Å²) in [7, 11) is 0. The highest BCUT2D eigenvalue weighted by molar-refractivity contribution is 7.12. The van der Waals surface area contributed by atoms with Crippen molar-refractivity contribution in [1.82, 2.24) is 4.98 Å². The highest BCUT2D eigenvalue weighted by Crippen LogP contribution is 2.40. The van der Waals surface area contributed by atoms with Gasteiger partial charge >= 0.3 is 5.97 Å². The Labute approximate surface area is 108 Å². The first kappa shape index (κ1) is 11.5. The van der Waals surface area contributed by atoms with Crippen LogP contribution in [0.1, 0.15) is 29.5 Å². The van der Waals surface area contributed by atoms with Crippen LogP contribution in [0, 0.1) is 0 Å². The second kappa shape index (κ2) is 3.68. The number of furan rings is 1. The molecule has 1 N–H and O–H groups in total. The molecule has 0 saturated heterocycles. The fourth-order valence-electron chi connectivity index (χ4n) is 2.06. The predicted molar refractivity (Wildman–Crippen MR) is 67.9 cm³/mol. The largest absolute Gasteiger partial charge is 0.481 e. The van der Waals surface area contributed by atoms with Crippen molar-refractivity contribution in [2.45, 2.75) is 32.1 Å². The SMILES string of the molecule is CC(C)(C(=O)O)c1nc2c(s1)CCc1occc1-2. The molecular weight excluding hydrogens is 250 g/mol. The summed E-state index contributed by atoms with van der Waals surface area (Å²) in [6.07, 6.45) is 3.41. The fraction of sp³-hybridized carbons (Fsp3) is 0.385. The van der Waals surface area contributed by atoms with Gasteiger partial charge in [-0.3, -0.25) is 4.79 Å². The van der Waals surface area contributed by atoms with Gasteiger partial charge in [0, 0.05) is 16.9 Å². The summed E-state index contributed by atoms with van der Waals surface area (Å²) in [5.41, 5.74) is 0.977. The van der Waals surface area contributed by atoms with E-state index in [1.165, 1.54) is 11.3 Å². The van der Waals surface area contributed by atoms with Gasteiger partial charge < -0.3 is 9.52 Å². The average Bonchev–Trinajstić information content (AvgIpc) is 2.94. The smallest absolute Gasteiger partial charge is 0.316 e. The first-order valence-electron chi connectivity index (χ1n) is 5.80. The summed E-state index contributed by atoms with van der Waals surface area (Å²) in [5, 5.41) is 9.92. The van der Waals surface area contributed by atoms with Crippen LogP contribution in [-0.2, 0) is 23.1 Å². The maximum absolute atomic E-state index is 11.3. The molecule has 5 heteroatoms. The summed E-state index contributed by atoms with van der Waals surface area (Å²) in [4.78, 5) is 17.0. The molecular formula is C13H13NO3S. The van der Waals surface area contributed by atoms with Crippen LogP contribution in [0.3, 0.4) is 0 Å². The first-order valence-corrected chi connectivity index (χ1v) is 6.62. The number of thiazole rings is 1. The Morgan fingerprint density at radius 2 is 2.28 bits per heavy atom. The average molecular weight is 263 g/mol. The molecule has 0 unspecified atom stereocenters. The van der Waals surface area contributed by atoms with Gasteiger partial charge in [0.15, 0.2) is 0 Å². The lowest BCUT2D eigenvalue weighted by atomic mass is 9.94. The minimum absolute atomic E-state index is 0.661. The van der Waals surface area contributed by atoms with E-state index in [-0.39, 0.29) is 0 Å². The first-order chi connectivity index (χ1) is 8.50. The van der Waals surface area contributed by atoms with Crippen molar-refractivity contribution < 1.29 is 14.3 Å². The minimum atomic E-state index is -0.939. The van der Waals surface area contributed by atoms with Crippen molar-refractivity contribution in [2.24, 2.45) is 0 Å². The van der Waals surface area contributed by atoms with E-state index in [2.05, 4.69) is 4.98 Å². The zero-order chi connectivity index (χ0) is 12.9. The van der Waals surface area contributed by atoms with E-state index >= 15 is 0 Å². The van der Waals surface area contributed by atoms with Crippen LogP contribution in [0.5, 0.6) is 0 Å². The maximum Gasteiger partial charge on any atom is 0.316 e. The molecule has 0 aromatic carbocycles. The van der Waals surface area contributed by atoms with Crippen molar-refractivity contribution in [3.05, 3.63) is 28.0 Å². The number of carbonyl (C=O) groups is 1. The Morgan fingerprint density at radius 3 is 3.00 bits per heavy atom. The molecule has 0 bridgehead atoms. The van der Waals surface area contributed by atoms with Gasteiger partial charge in [0.2, 0.25) is 0 Å². The zero-order valence-corrected chi connectivity index (χ0v) is 11.0. The molecule has 0 atom stereocenters. The molecule has 3 rings (SSSR count). The van der Waals surface area contributed by atoms with Crippen LogP contribution < -0.4 is 0 Å².